The number of rotatable bonds is 47. The molecule has 0 heterocycles. The summed E-state index contributed by atoms with van der Waals surface area (Å²) in [7, 11) is -12.4. The second-order valence-corrected chi connectivity index (χ2v) is 27.4. The van der Waals surface area contributed by atoms with E-state index in [0.717, 1.165) is 84.5 Å². The number of methoxy groups -OCH3 is 1. The molecule has 79 heavy (non-hydrogen) atoms. The van der Waals surface area contributed by atoms with Gasteiger partial charge in [0.2, 0.25) is 7.37 Å². The maximum Gasteiger partial charge on any atom is 0.331 e. The Hall–Kier alpha value is -2.22. The predicted molar refractivity (Wildman–Crippen MR) is 316 cm³/mol. The first kappa shape index (κ1) is 76.8. The van der Waals surface area contributed by atoms with Gasteiger partial charge in [-0.3, -0.25) is 18.3 Å². The summed E-state index contributed by atoms with van der Waals surface area (Å²) >= 11 is 0. The zero-order chi connectivity index (χ0) is 59.1. The third kappa shape index (κ3) is 45.0. The topological polar surface area (TPSA) is 271 Å². The van der Waals surface area contributed by atoms with Gasteiger partial charge in [0.25, 0.3) is 0 Å². The Bertz CT molecular complexity index is 1990. The van der Waals surface area contributed by atoms with E-state index in [4.69, 9.17) is 62.6 Å². The lowest BCUT2D eigenvalue weighted by molar-refractivity contribution is 0.0656. The molecule has 0 aromatic heterocycles. The number of hydrogen-bond acceptors (Lipinski definition) is 16. The minimum Gasteiger partial charge on any atom is -0.382 e. The van der Waals surface area contributed by atoms with E-state index in [2.05, 4.69) is 90.4 Å². The van der Waals surface area contributed by atoms with Crippen LogP contribution in [-0.2, 0) is 50.8 Å². The quantitative estimate of drug-likeness (QED) is 0.0354. The first-order chi connectivity index (χ1) is 37.7. The molecule has 0 saturated heterocycles. The molecule has 0 aliphatic heterocycles. The van der Waals surface area contributed by atoms with Crippen LogP contribution in [-0.4, -0.2) is 198 Å². The fourth-order valence-corrected chi connectivity index (χ4v) is 12.2. The summed E-state index contributed by atoms with van der Waals surface area (Å²) in [6.07, 6.45) is 7.81. The molecule has 456 valence electrons. The van der Waals surface area contributed by atoms with Crippen LogP contribution in [0.5, 0.6) is 0 Å². The highest BCUT2D eigenvalue weighted by molar-refractivity contribution is 7.58. The molecule has 0 fully saturated rings. The Morgan fingerprint density at radius 2 is 0.848 bits per heavy atom. The Morgan fingerprint density at radius 1 is 0.481 bits per heavy atom. The molecule has 0 bridgehead atoms. The van der Waals surface area contributed by atoms with E-state index in [9.17, 15) is 18.3 Å². The second kappa shape index (κ2) is 48.2. The van der Waals surface area contributed by atoms with E-state index in [1.165, 1.54) is 11.1 Å². The highest BCUT2D eigenvalue weighted by Crippen LogP contribution is 2.48. The van der Waals surface area contributed by atoms with Crippen LogP contribution in [0.25, 0.3) is 0 Å². The van der Waals surface area contributed by atoms with Crippen LogP contribution in [0.2, 0.25) is 0 Å². The van der Waals surface area contributed by atoms with Crippen LogP contribution < -0.4 is 0 Å². The van der Waals surface area contributed by atoms with E-state index in [-0.39, 0.29) is 25.4 Å². The molecule has 0 radical (unpaired) electrons. The summed E-state index contributed by atoms with van der Waals surface area (Å²) in [4.78, 5) is 41.4. The molecule has 24 heteroatoms. The van der Waals surface area contributed by atoms with Gasteiger partial charge < -0.3 is 66.8 Å². The van der Waals surface area contributed by atoms with Gasteiger partial charge in [0.05, 0.1) is 63.7 Å². The summed E-state index contributed by atoms with van der Waals surface area (Å²) in [5.74, 6) is 1.08. The Kier molecular flexibility index (Phi) is 46.8. The van der Waals surface area contributed by atoms with Gasteiger partial charge in [0, 0.05) is 125 Å². The third-order valence-electron chi connectivity index (χ3n) is 12.5. The molecule has 0 aliphatic rings. The lowest BCUT2D eigenvalue weighted by Gasteiger charge is -2.26. The Morgan fingerprint density at radius 3 is 1.20 bits per heavy atom. The number of ether oxygens (including phenoxy) is 4. The van der Waals surface area contributed by atoms with E-state index in [1.807, 2.05) is 26.8 Å². The fraction of sp³-hybridized carbons (Fsp3) is 0.745. The van der Waals surface area contributed by atoms with Gasteiger partial charge >= 0.3 is 22.8 Å². The lowest BCUT2D eigenvalue weighted by Crippen LogP contribution is -2.32. The number of nitriles is 2. The molecule has 0 amide bonds. The van der Waals surface area contributed by atoms with Crippen molar-refractivity contribution in [3.63, 3.8) is 0 Å². The SMILES string of the molecule is CCC(CCOCCCN(CCC#N)CCC#N)c1ccccc1.CCOP(C)(=O)CCN(CCCOCCC(CC)c1ccccc1)CCP(=O)(OCC)OCC.COCCOCCCN(CCP(=O)(O)O)CCP(=O)(O)O. The molecule has 2 aromatic rings. The molecule has 0 saturated carbocycles. The van der Waals surface area contributed by atoms with E-state index < -0.39 is 30.2 Å². The standard InChI is InChI=1S/C25H47NO6P2.C20H29N3O.C10H25NO8P2/c1-6-24(25-14-11-10-12-15-25)16-21-29-20-13-17-26(18-22-33(5,27)30-7-2)19-23-34(28,31-8-3)32-9-4;1-2-19(20-9-4-3-5-10-20)11-18-24-17-8-16-23(14-6-12-21)15-7-13-22;1-18-7-8-19-6-2-3-11(4-9-20(12,13)14)5-10-21(15,16)17/h10-12,14-15,24H,6-9,13,16-23H2,1-5H3;3-5,9-10,19H,2,6-8,11,14-18H2,1H3;2-10H2,1H3,(H2,12,13,14)(H2,15,16,17). The highest BCUT2D eigenvalue weighted by atomic mass is 31.2. The van der Waals surface area contributed by atoms with Gasteiger partial charge in [-0.25, -0.2) is 0 Å². The lowest BCUT2D eigenvalue weighted by atomic mass is 9.94. The molecule has 0 spiro atoms. The normalized spacial score (nSPS) is 13.5. The minimum absolute atomic E-state index is 0.0857. The molecule has 0 aliphatic carbocycles. The summed E-state index contributed by atoms with van der Waals surface area (Å²) < 4.78 is 85.3. The van der Waals surface area contributed by atoms with Crippen LogP contribution >= 0.6 is 30.2 Å². The summed E-state index contributed by atoms with van der Waals surface area (Å²) in [5, 5.41) is 17.4. The molecular weight excluding hydrogens is 1090 g/mol. The maximum absolute atomic E-state index is 12.9. The van der Waals surface area contributed by atoms with Crippen molar-refractivity contribution in [3.8, 4) is 12.1 Å². The molecule has 2 aromatic carbocycles. The highest BCUT2D eigenvalue weighted by Gasteiger charge is 2.26. The van der Waals surface area contributed by atoms with Crippen molar-refractivity contribution in [1.82, 2.24) is 14.7 Å². The van der Waals surface area contributed by atoms with Gasteiger partial charge in [-0.05, 0) is 88.7 Å². The monoisotopic (exact) mass is 1200 g/mol. The number of benzene rings is 2. The van der Waals surface area contributed by atoms with E-state index in [1.54, 1.807) is 18.7 Å². The smallest absolute Gasteiger partial charge is 0.331 e. The van der Waals surface area contributed by atoms with Crippen molar-refractivity contribution in [2.45, 2.75) is 104 Å². The Labute approximate surface area is 475 Å². The zero-order valence-electron chi connectivity index (χ0n) is 48.9. The molecule has 2 rings (SSSR count). The number of nitrogens with zero attached hydrogens (tertiary/aromatic N) is 5. The average Bonchev–Trinajstić information content (AvgIpc) is 3.41. The van der Waals surface area contributed by atoms with Crippen molar-refractivity contribution >= 4 is 30.2 Å². The molecule has 3 atom stereocenters. The Balaban J connectivity index is 0.00000120. The van der Waals surface area contributed by atoms with Crippen LogP contribution in [0.4, 0.5) is 0 Å². The van der Waals surface area contributed by atoms with E-state index in [0.29, 0.717) is 109 Å². The van der Waals surface area contributed by atoms with Crippen molar-refractivity contribution in [2.24, 2.45) is 0 Å². The molecule has 3 unspecified atom stereocenters. The van der Waals surface area contributed by atoms with Crippen molar-refractivity contribution in [2.75, 3.05) is 163 Å². The second-order valence-electron chi connectivity index (χ2n) is 18.9. The first-order valence-corrected chi connectivity index (χ1v) is 35.7. The van der Waals surface area contributed by atoms with Crippen molar-refractivity contribution in [3.05, 3.63) is 71.8 Å². The average molecular weight is 1200 g/mol. The summed E-state index contributed by atoms with van der Waals surface area (Å²) in [6.45, 7) is 22.0. The van der Waals surface area contributed by atoms with Gasteiger partial charge in [0.1, 0.15) is 0 Å². The van der Waals surface area contributed by atoms with Crippen LogP contribution in [0.3, 0.4) is 0 Å². The van der Waals surface area contributed by atoms with Crippen molar-refractivity contribution in [1.29, 1.82) is 10.5 Å². The van der Waals surface area contributed by atoms with Gasteiger partial charge in [-0.2, -0.15) is 10.5 Å². The van der Waals surface area contributed by atoms with Gasteiger partial charge in [-0.15, -0.1) is 0 Å². The fourth-order valence-electron chi connectivity index (χ4n) is 8.18. The molecule has 4 N–H and O–H groups in total. The van der Waals surface area contributed by atoms with Crippen molar-refractivity contribution < 1.29 is 70.4 Å². The molecular formula is C55H101N5O15P4. The minimum atomic E-state index is -4.12. The molecule has 20 nitrogen and oxygen atoms in total. The largest absolute Gasteiger partial charge is 0.382 e. The summed E-state index contributed by atoms with van der Waals surface area (Å²) in [6, 6.07) is 25.5. The van der Waals surface area contributed by atoms with Crippen LogP contribution in [0, 0.1) is 22.7 Å². The van der Waals surface area contributed by atoms with Gasteiger partial charge in [-0.1, -0.05) is 74.5 Å². The van der Waals surface area contributed by atoms with E-state index >= 15 is 0 Å². The summed E-state index contributed by atoms with van der Waals surface area (Å²) in [5.41, 5.74) is 2.76. The third-order valence-corrected chi connectivity index (χ3v) is 18.0. The maximum atomic E-state index is 12.9. The van der Waals surface area contributed by atoms with Crippen LogP contribution in [0.1, 0.15) is 115 Å². The van der Waals surface area contributed by atoms with Crippen LogP contribution in [0.15, 0.2) is 60.7 Å². The zero-order valence-corrected chi connectivity index (χ0v) is 52.4. The van der Waals surface area contributed by atoms with Gasteiger partial charge in [0.15, 0.2) is 0 Å². The number of hydrogen-bond donors (Lipinski definition) is 4. The first-order valence-electron chi connectivity index (χ1n) is 28.2. The predicted octanol–water partition coefficient (Wildman–Crippen LogP) is 10.3.